The average Bonchev–Trinajstić information content (AvgIpc) is 2.35. The lowest BCUT2D eigenvalue weighted by molar-refractivity contribution is -0.140. The van der Waals surface area contributed by atoms with Crippen LogP contribution in [0.2, 0.25) is 0 Å². The van der Waals surface area contributed by atoms with Crippen LogP contribution in [0.5, 0.6) is 0 Å². The van der Waals surface area contributed by atoms with Crippen LogP contribution < -0.4 is 0 Å². The number of ether oxygens (including phenoxy) is 2. The van der Waals surface area contributed by atoms with Crippen LogP contribution in [0, 0.1) is 0 Å². The number of carbonyl (C=O) groups excluding carboxylic acids is 2. The highest BCUT2D eigenvalue weighted by Gasteiger charge is 2.13. The second kappa shape index (κ2) is 6.39. The molecule has 0 aliphatic rings. The largest absolute Gasteiger partial charge is 0.469 e. The van der Waals surface area contributed by atoms with Crippen LogP contribution in [0.15, 0.2) is 22.7 Å². The number of carbonyl (C=O) groups is 2. The second-order valence-corrected chi connectivity index (χ2v) is 4.28. The third-order valence-corrected chi connectivity index (χ3v) is 2.79. The zero-order chi connectivity index (χ0) is 12.8. The summed E-state index contributed by atoms with van der Waals surface area (Å²) in [7, 11) is 2.67. The number of aryl methyl sites for hydroxylation is 1. The summed E-state index contributed by atoms with van der Waals surface area (Å²) in [6, 6.07) is 5.23. The van der Waals surface area contributed by atoms with E-state index in [0.717, 1.165) is 10.0 Å². The van der Waals surface area contributed by atoms with E-state index in [1.54, 1.807) is 18.2 Å². The van der Waals surface area contributed by atoms with Crippen molar-refractivity contribution in [3.63, 3.8) is 0 Å². The van der Waals surface area contributed by atoms with Crippen molar-refractivity contribution in [1.82, 2.24) is 0 Å². The molecular weight excluding hydrogens is 288 g/mol. The van der Waals surface area contributed by atoms with Crippen molar-refractivity contribution in [3.8, 4) is 0 Å². The molecule has 4 nitrogen and oxygen atoms in total. The number of methoxy groups -OCH3 is 2. The molecule has 5 heteroatoms. The summed E-state index contributed by atoms with van der Waals surface area (Å²) < 4.78 is 10.1. The number of esters is 2. The van der Waals surface area contributed by atoms with Crippen molar-refractivity contribution in [2.24, 2.45) is 0 Å². The van der Waals surface area contributed by atoms with Crippen LogP contribution in [0.3, 0.4) is 0 Å². The smallest absolute Gasteiger partial charge is 0.338 e. The highest BCUT2D eigenvalue weighted by Crippen LogP contribution is 2.19. The molecule has 1 aromatic carbocycles. The van der Waals surface area contributed by atoms with Crippen molar-refractivity contribution in [3.05, 3.63) is 33.8 Å². The summed E-state index contributed by atoms with van der Waals surface area (Å²) in [5.41, 5.74) is 1.23. The lowest BCUT2D eigenvalue weighted by atomic mass is 10.0. The van der Waals surface area contributed by atoms with Crippen molar-refractivity contribution < 1.29 is 19.1 Å². The lowest BCUT2D eigenvalue weighted by Crippen LogP contribution is -2.08. The standard InChI is InChI=1S/C12H13BrO4/c1-16-11(14)6-3-8-7-9(13)4-5-10(8)12(15)17-2/h4-5,7H,3,6H2,1-2H3. The predicted molar refractivity (Wildman–Crippen MR) is 65.8 cm³/mol. The third-order valence-electron chi connectivity index (χ3n) is 2.30. The zero-order valence-electron chi connectivity index (χ0n) is 9.66. The maximum absolute atomic E-state index is 11.5. The Balaban J connectivity index is 2.91. The van der Waals surface area contributed by atoms with Crippen LogP contribution in [0.4, 0.5) is 0 Å². The predicted octanol–water partition coefficient (Wildman–Crippen LogP) is 2.34. The van der Waals surface area contributed by atoms with Gasteiger partial charge in [-0.1, -0.05) is 15.9 Å². The molecule has 0 N–H and O–H groups in total. The van der Waals surface area contributed by atoms with Crippen molar-refractivity contribution in [1.29, 1.82) is 0 Å². The van der Waals surface area contributed by atoms with Crippen molar-refractivity contribution >= 4 is 27.9 Å². The maximum Gasteiger partial charge on any atom is 0.338 e. The van der Waals surface area contributed by atoms with Gasteiger partial charge in [0, 0.05) is 10.9 Å². The molecule has 1 rings (SSSR count). The van der Waals surface area contributed by atoms with E-state index >= 15 is 0 Å². The molecule has 0 aromatic heterocycles. The first-order valence-corrected chi connectivity index (χ1v) is 5.81. The van der Waals surface area contributed by atoms with E-state index in [9.17, 15) is 9.59 Å². The minimum atomic E-state index is -0.405. The molecule has 17 heavy (non-hydrogen) atoms. The Morgan fingerprint density at radius 1 is 1.24 bits per heavy atom. The molecule has 0 fully saturated rings. The SMILES string of the molecule is COC(=O)CCc1cc(Br)ccc1C(=O)OC. The van der Waals surface area contributed by atoms with E-state index in [1.807, 2.05) is 0 Å². The first-order valence-electron chi connectivity index (χ1n) is 5.02. The number of benzene rings is 1. The Morgan fingerprint density at radius 2 is 1.94 bits per heavy atom. The first kappa shape index (κ1) is 13.7. The van der Waals surface area contributed by atoms with Crippen LogP contribution in [0.25, 0.3) is 0 Å². The van der Waals surface area contributed by atoms with Gasteiger partial charge in [0.15, 0.2) is 0 Å². The number of hydrogen-bond acceptors (Lipinski definition) is 4. The van der Waals surface area contributed by atoms with Gasteiger partial charge in [0.2, 0.25) is 0 Å². The molecule has 0 saturated heterocycles. The van der Waals surface area contributed by atoms with Gasteiger partial charge in [-0.2, -0.15) is 0 Å². The van der Waals surface area contributed by atoms with Crippen LogP contribution >= 0.6 is 15.9 Å². The zero-order valence-corrected chi connectivity index (χ0v) is 11.2. The van der Waals surface area contributed by atoms with E-state index in [-0.39, 0.29) is 12.4 Å². The molecule has 0 bridgehead atoms. The molecule has 0 saturated carbocycles. The summed E-state index contributed by atoms with van der Waals surface area (Å²) >= 11 is 3.32. The first-order chi connectivity index (χ1) is 8.08. The van der Waals surface area contributed by atoms with E-state index in [4.69, 9.17) is 0 Å². The molecule has 0 atom stereocenters. The summed E-state index contributed by atoms with van der Waals surface area (Å²) in [6.07, 6.45) is 0.674. The topological polar surface area (TPSA) is 52.6 Å². The van der Waals surface area contributed by atoms with Crippen LogP contribution in [-0.2, 0) is 20.7 Å². The highest BCUT2D eigenvalue weighted by atomic mass is 79.9. The second-order valence-electron chi connectivity index (χ2n) is 3.37. The van der Waals surface area contributed by atoms with Crippen molar-refractivity contribution in [2.75, 3.05) is 14.2 Å². The summed E-state index contributed by atoms with van der Waals surface area (Å²) in [4.78, 5) is 22.6. The number of halogens is 1. The fraction of sp³-hybridized carbons (Fsp3) is 0.333. The summed E-state index contributed by atoms with van der Waals surface area (Å²) in [5.74, 6) is -0.710. The van der Waals surface area contributed by atoms with Gasteiger partial charge >= 0.3 is 11.9 Å². The molecule has 0 heterocycles. The van der Waals surface area contributed by atoms with E-state index in [1.165, 1.54) is 14.2 Å². The van der Waals surface area contributed by atoms with Gasteiger partial charge in [-0.05, 0) is 30.2 Å². The molecule has 0 aliphatic heterocycles. The van der Waals surface area contributed by atoms with Gasteiger partial charge < -0.3 is 9.47 Å². The minimum absolute atomic E-state index is 0.233. The summed E-state index contributed by atoms with van der Waals surface area (Å²) in [6.45, 7) is 0. The maximum atomic E-state index is 11.5. The van der Waals surface area contributed by atoms with E-state index < -0.39 is 5.97 Å². The van der Waals surface area contributed by atoms with Crippen molar-refractivity contribution in [2.45, 2.75) is 12.8 Å². The average molecular weight is 301 g/mol. The number of rotatable bonds is 4. The third kappa shape index (κ3) is 3.85. The van der Waals surface area contributed by atoms with Gasteiger partial charge in [-0.3, -0.25) is 4.79 Å². The Bertz CT molecular complexity index is 429. The Hall–Kier alpha value is -1.36. The summed E-state index contributed by atoms with van der Waals surface area (Å²) in [5, 5.41) is 0. The van der Waals surface area contributed by atoms with E-state index in [2.05, 4.69) is 25.4 Å². The Morgan fingerprint density at radius 3 is 2.53 bits per heavy atom. The molecule has 92 valence electrons. The minimum Gasteiger partial charge on any atom is -0.469 e. The number of hydrogen-bond donors (Lipinski definition) is 0. The fourth-order valence-electron chi connectivity index (χ4n) is 1.42. The van der Waals surface area contributed by atoms with Crippen LogP contribution in [0.1, 0.15) is 22.3 Å². The molecule has 0 aliphatic carbocycles. The Labute approximate surface area is 108 Å². The lowest BCUT2D eigenvalue weighted by Gasteiger charge is -2.07. The van der Waals surface area contributed by atoms with Gasteiger partial charge in [0.05, 0.1) is 19.8 Å². The fourth-order valence-corrected chi connectivity index (χ4v) is 1.83. The van der Waals surface area contributed by atoms with Crippen LogP contribution in [-0.4, -0.2) is 26.2 Å². The molecule has 1 aromatic rings. The van der Waals surface area contributed by atoms with Gasteiger partial charge in [0.25, 0.3) is 0 Å². The molecular formula is C12H13BrO4. The van der Waals surface area contributed by atoms with Gasteiger partial charge in [0.1, 0.15) is 0 Å². The molecule has 0 unspecified atom stereocenters. The molecule has 0 amide bonds. The monoisotopic (exact) mass is 300 g/mol. The molecule has 0 spiro atoms. The Kier molecular flexibility index (Phi) is 5.15. The van der Waals surface area contributed by atoms with E-state index in [0.29, 0.717) is 12.0 Å². The van der Waals surface area contributed by atoms with Gasteiger partial charge in [-0.15, -0.1) is 0 Å². The molecule has 0 radical (unpaired) electrons. The quantitative estimate of drug-likeness (QED) is 0.801. The van der Waals surface area contributed by atoms with Gasteiger partial charge in [-0.25, -0.2) is 4.79 Å². The normalized spacial score (nSPS) is 9.82. The highest BCUT2D eigenvalue weighted by molar-refractivity contribution is 9.10.